The number of Topliss-reactive ketones (excluding diaryl/α,β-unsaturated/α-hetero) is 1. The van der Waals surface area contributed by atoms with Crippen LogP contribution in [-0.2, 0) is 0 Å². The second-order valence-electron chi connectivity index (χ2n) is 3.97. The summed E-state index contributed by atoms with van der Waals surface area (Å²) in [5.74, 6) is 0.00113. The number of ketones is 1. The van der Waals surface area contributed by atoms with E-state index in [1.807, 2.05) is 0 Å². The van der Waals surface area contributed by atoms with Crippen molar-refractivity contribution in [1.29, 1.82) is 0 Å². The van der Waals surface area contributed by atoms with Crippen molar-refractivity contribution in [2.24, 2.45) is 0 Å². The maximum atomic E-state index is 11.8. The van der Waals surface area contributed by atoms with Crippen LogP contribution in [0.25, 0.3) is 0 Å². The lowest BCUT2D eigenvalue weighted by molar-refractivity contribution is 0.0982. The summed E-state index contributed by atoms with van der Waals surface area (Å²) in [7, 11) is 0. The summed E-state index contributed by atoms with van der Waals surface area (Å²) in [6, 6.07) is 10.5. The largest absolute Gasteiger partial charge is 0.385 e. The topological polar surface area (TPSA) is 42.0 Å². The SMILES string of the molecule is O=C(CCNc1cc(Cl)cc(Cl)c1)c1ccccn1. The second kappa shape index (κ2) is 6.55. The van der Waals surface area contributed by atoms with E-state index >= 15 is 0 Å². The van der Waals surface area contributed by atoms with E-state index in [0.717, 1.165) is 5.69 Å². The fourth-order valence-electron chi connectivity index (χ4n) is 1.63. The van der Waals surface area contributed by atoms with E-state index < -0.39 is 0 Å². The minimum absolute atomic E-state index is 0.00113. The Labute approximate surface area is 121 Å². The summed E-state index contributed by atoms with van der Waals surface area (Å²) in [4.78, 5) is 15.8. The number of nitrogens with zero attached hydrogens (tertiary/aromatic N) is 1. The Morgan fingerprint density at radius 1 is 1.16 bits per heavy atom. The van der Waals surface area contributed by atoms with Crippen molar-refractivity contribution in [1.82, 2.24) is 4.98 Å². The average Bonchev–Trinajstić information content (AvgIpc) is 2.38. The molecule has 0 aliphatic heterocycles. The highest BCUT2D eigenvalue weighted by Crippen LogP contribution is 2.22. The lowest BCUT2D eigenvalue weighted by Gasteiger charge is -2.06. The maximum Gasteiger partial charge on any atom is 0.182 e. The zero-order valence-electron chi connectivity index (χ0n) is 10.1. The van der Waals surface area contributed by atoms with Gasteiger partial charge in [0.2, 0.25) is 0 Å². The summed E-state index contributed by atoms with van der Waals surface area (Å²) in [5, 5.41) is 4.23. The molecule has 0 bridgehead atoms. The Morgan fingerprint density at radius 2 is 1.89 bits per heavy atom. The molecule has 1 heterocycles. The molecule has 0 aliphatic rings. The van der Waals surface area contributed by atoms with Crippen molar-refractivity contribution in [3.8, 4) is 0 Å². The molecule has 0 radical (unpaired) electrons. The summed E-state index contributed by atoms with van der Waals surface area (Å²) in [6.45, 7) is 0.506. The molecule has 19 heavy (non-hydrogen) atoms. The number of rotatable bonds is 5. The zero-order valence-corrected chi connectivity index (χ0v) is 11.6. The van der Waals surface area contributed by atoms with E-state index in [1.165, 1.54) is 0 Å². The van der Waals surface area contributed by atoms with Gasteiger partial charge in [-0.25, -0.2) is 0 Å². The van der Waals surface area contributed by atoms with Gasteiger partial charge >= 0.3 is 0 Å². The van der Waals surface area contributed by atoms with Gasteiger partial charge in [0, 0.05) is 34.9 Å². The Kier molecular flexibility index (Phi) is 4.77. The van der Waals surface area contributed by atoms with Crippen molar-refractivity contribution >= 4 is 34.7 Å². The summed E-state index contributed by atoms with van der Waals surface area (Å²) in [5.41, 5.74) is 1.28. The molecule has 1 aromatic carbocycles. The number of pyridine rings is 1. The van der Waals surface area contributed by atoms with Crippen molar-refractivity contribution in [2.75, 3.05) is 11.9 Å². The van der Waals surface area contributed by atoms with Crippen LogP contribution in [0.15, 0.2) is 42.6 Å². The molecule has 0 unspecified atom stereocenters. The number of halogens is 2. The predicted octanol–water partition coefficient (Wildman–Crippen LogP) is 4.07. The molecule has 2 rings (SSSR count). The van der Waals surface area contributed by atoms with Crippen LogP contribution in [0.1, 0.15) is 16.9 Å². The average molecular weight is 295 g/mol. The van der Waals surface area contributed by atoms with E-state index in [2.05, 4.69) is 10.3 Å². The van der Waals surface area contributed by atoms with E-state index in [-0.39, 0.29) is 5.78 Å². The van der Waals surface area contributed by atoms with Gasteiger partial charge in [0.05, 0.1) is 0 Å². The summed E-state index contributed by atoms with van der Waals surface area (Å²) in [6.07, 6.45) is 1.97. The Morgan fingerprint density at radius 3 is 2.53 bits per heavy atom. The fourth-order valence-corrected chi connectivity index (χ4v) is 2.16. The molecule has 3 nitrogen and oxygen atoms in total. The van der Waals surface area contributed by atoms with Crippen molar-refractivity contribution < 1.29 is 4.79 Å². The van der Waals surface area contributed by atoms with Gasteiger partial charge in [0.25, 0.3) is 0 Å². The molecule has 0 saturated carbocycles. The van der Waals surface area contributed by atoms with Crippen molar-refractivity contribution in [3.05, 3.63) is 58.3 Å². The maximum absolute atomic E-state index is 11.8. The standard InChI is InChI=1S/C14H12Cl2N2O/c15-10-7-11(16)9-12(8-10)17-6-4-14(19)13-3-1-2-5-18-13/h1-3,5,7-9,17H,4,6H2. The minimum atomic E-state index is 0.00113. The number of hydrogen-bond donors (Lipinski definition) is 1. The smallest absolute Gasteiger partial charge is 0.182 e. The van der Waals surface area contributed by atoms with Gasteiger partial charge in [-0.15, -0.1) is 0 Å². The first kappa shape index (κ1) is 13.8. The fraction of sp³-hybridized carbons (Fsp3) is 0.143. The second-order valence-corrected chi connectivity index (χ2v) is 4.85. The zero-order chi connectivity index (χ0) is 13.7. The number of aromatic nitrogens is 1. The van der Waals surface area contributed by atoms with Crippen LogP contribution in [0, 0.1) is 0 Å². The third-order valence-electron chi connectivity index (χ3n) is 2.49. The highest BCUT2D eigenvalue weighted by molar-refractivity contribution is 6.35. The Balaban J connectivity index is 1.88. The molecule has 0 aliphatic carbocycles. The van der Waals surface area contributed by atoms with E-state index in [0.29, 0.717) is 28.7 Å². The first-order valence-corrected chi connectivity index (χ1v) is 6.55. The number of hydrogen-bond acceptors (Lipinski definition) is 3. The van der Waals surface area contributed by atoms with Crippen LogP contribution in [0.4, 0.5) is 5.69 Å². The van der Waals surface area contributed by atoms with Crippen LogP contribution in [-0.4, -0.2) is 17.3 Å². The van der Waals surface area contributed by atoms with Crippen molar-refractivity contribution in [3.63, 3.8) is 0 Å². The van der Waals surface area contributed by atoms with Gasteiger partial charge in [0.1, 0.15) is 5.69 Å². The number of nitrogens with one attached hydrogen (secondary N) is 1. The van der Waals surface area contributed by atoms with E-state index in [1.54, 1.807) is 42.6 Å². The molecule has 1 N–H and O–H groups in total. The van der Waals surface area contributed by atoms with Gasteiger partial charge in [-0.3, -0.25) is 9.78 Å². The van der Waals surface area contributed by atoms with Gasteiger partial charge in [-0.2, -0.15) is 0 Å². The highest BCUT2D eigenvalue weighted by Gasteiger charge is 2.06. The molecule has 5 heteroatoms. The lowest BCUT2D eigenvalue weighted by atomic mass is 10.2. The van der Waals surface area contributed by atoms with Gasteiger partial charge in [-0.1, -0.05) is 29.3 Å². The van der Waals surface area contributed by atoms with Gasteiger partial charge < -0.3 is 5.32 Å². The predicted molar refractivity (Wildman–Crippen MR) is 78.1 cm³/mol. The first-order valence-electron chi connectivity index (χ1n) is 5.79. The summed E-state index contributed by atoms with van der Waals surface area (Å²) < 4.78 is 0. The van der Waals surface area contributed by atoms with Gasteiger partial charge in [-0.05, 0) is 30.3 Å². The Bertz CT molecular complexity index is 553. The highest BCUT2D eigenvalue weighted by atomic mass is 35.5. The van der Waals surface area contributed by atoms with Crippen LogP contribution in [0.5, 0.6) is 0 Å². The minimum Gasteiger partial charge on any atom is -0.385 e. The monoisotopic (exact) mass is 294 g/mol. The molecule has 98 valence electrons. The molecule has 0 atom stereocenters. The number of carbonyl (C=O) groups is 1. The molecular weight excluding hydrogens is 283 g/mol. The van der Waals surface area contributed by atoms with E-state index in [4.69, 9.17) is 23.2 Å². The van der Waals surface area contributed by atoms with Crippen LogP contribution in [0.2, 0.25) is 10.0 Å². The van der Waals surface area contributed by atoms with Crippen molar-refractivity contribution in [2.45, 2.75) is 6.42 Å². The Hall–Kier alpha value is -1.58. The third kappa shape index (κ3) is 4.23. The molecule has 2 aromatic rings. The first-order chi connectivity index (χ1) is 9.15. The van der Waals surface area contributed by atoms with E-state index in [9.17, 15) is 4.79 Å². The van der Waals surface area contributed by atoms with Gasteiger partial charge in [0.15, 0.2) is 5.78 Å². The lowest BCUT2D eigenvalue weighted by Crippen LogP contribution is -2.10. The molecule has 0 saturated heterocycles. The number of anilines is 1. The molecular formula is C14H12Cl2N2O. The quantitative estimate of drug-likeness (QED) is 0.845. The van der Waals surface area contributed by atoms with Crippen LogP contribution < -0.4 is 5.32 Å². The molecule has 1 aromatic heterocycles. The molecule has 0 amide bonds. The van der Waals surface area contributed by atoms with Crippen LogP contribution >= 0.6 is 23.2 Å². The normalized spacial score (nSPS) is 10.2. The molecule has 0 spiro atoms. The van der Waals surface area contributed by atoms with Crippen LogP contribution in [0.3, 0.4) is 0 Å². The summed E-state index contributed by atoms with van der Waals surface area (Å²) >= 11 is 11.8. The number of carbonyl (C=O) groups excluding carboxylic acids is 1. The number of benzene rings is 1. The third-order valence-corrected chi connectivity index (χ3v) is 2.93. The molecule has 0 fully saturated rings.